The van der Waals surface area contributed by atoms with E-state index in [-0.39, 0.29) is 5.91 Å². The highest BCUT2D eigenvalue weighted by Gasteiger charge is 2.21. The van der Waals surface area contributed by atoms with E-state index < -0.39 is 0 Å². The lowest BCUT2D eigenvalue weighted by Crippen LogP contribution is -2.44. The number of carbonyl (C=O) groups is 1. The van der Waals surface area contributed by atoms with Crippen LogP contribution in [0.15, 0.2) is 24.3 Å². The molecule has 3 rings (SSSR count). The van der Waals surface area contributed by atoms with Gasteiger partial charge < -0.3 is 15.0 Å². The van der Waals surface area contributed by atoms with Crippen molar-refractivity contribution in [3.05, 3.63) is 29.8 Å². The summed E-state index contributed by atoms with van der Waals surface area (Å²) in [6.45, 7) is 4.60. The molecule has 1 aromatic rings. The smallest absolute Gasteiger partial charge is 0.222 e. The molecule has 0 aromatic heterocycles. The van der Waals surface area contributed by atoms with Gasteiger partial charge in [0.25, 0.3) is 0 Å². The Morgan fingerprint density at radius 2 is 1.76 bits per heavy atom. The molecule has 1 aliphatic carbocycles. The quantitative estimate of drug-likeness (QED) is 0.851. The van der Waals surface area contributed by atoms with Crippen LogP contribution < -0.4 is 10.1 Å². The van der Waals surface area contributed by atoms with Crippen LogP contribution in [0, 0.1) is 0 Å². The number of ether oxygens (including phenoxy) is 1. The number of rotatable bonds is 6. The van der Waals surface area contributed by atoms with E-state index in [2.05, 4.69) is 29.6 Å². The molecule has 0 bridgehead atoms. The number of piperidine rings is 1. The van der Waals surface area contributed by atoms with Crippen molar-refractivity contribution in [1.82, 2.24) is 10.2 Å². The molecule has 1 saturated carbocycles. The standard InChI is InChI=1S/C21H32N2O2/c1-2-21(24)23-14-12-18(13-15-23)22-16-17-8-10-20(11-9-17)25-19-6-4-3-5-7-19/h8-11,18-19,22H,2-7,12-16H2,1H3. The first kappa shape index (κ1) is 18.2. The van der Waals surface area contributed by atoms with Gasteiger partial charge in [0, 0.05) is 32.1 Å². The number of amides is 1. The van der Waals surface area contributed by atoms with Gasteiger partial charge in [-0.05, 0) is 56.2 Å². The Balaban J connectivity index is 1.39. The average molecular weight is 344 g/mol. The molecule has 4 nitrogen and oxygen atoms in total. The molecule has 2 fully saturated rings. The van der Waals surface area contributed by atoms with Crippen LogP contribution in [0.2, 0.25) is 0 Å². The van der Waals surface area contributed by atoms with Crippen molar-refractivity contribution >= 4 is 5.91 Å². The monoisotopic (exact) mass is 344 g/mol. The van der Waals surface area contributed by atoms with Gasteiger partial charge in [-0.25, -0.2) is 0 Å². The molecular formula is C21H32N2O2. The minimum absolute atomic E-state index is 0.284. The summed E-state index contributed by atoms with van der Waals surface area (Å²) in [5, 5.41) is 3.64. The van der Waals surface area contributed by atoms with Gasteiger partial charge in [-0.1, -0.05) is 25.5 Å². The topological polar surface area (TPSA) is 41.6 Å². The predicted octanol–water partition coefficient (Wildman–Crippen LogP) is 3.89. The van der Waals surface area contributed by atoms with Gasteiger partial charge in [-0.15, -0.1) is 0 Å². The third-order valence-electron chi connectivity index (χ3n) is 5.52. The normalized spacial score (nSPS) is 19.8. The Morgan fingerprint density at radius 1 is 1.08 bits per heavy atom. The summed E-state index contributed by atoms with van der Waals surface area (Å²) in [4.78, 5) is 13.7. The van der Waals surface area contributed by atoms with Gasteiger partial charge in [0.2, 0.25) is 5.91 Å². The van der Waals surface area contributed by atoms with Gasteiger partial charge in [0.15, 0.2) is 0 Å². The third-order valence-corrected chi connectivity index (χ3v) is 5.52. The lowest BCUT2D eigenvalue weighted by Gasteiger charge is -2.32. The molecule has 25 heavy (non-hydrogen) atoms. The molecular weight excluding hydrogens is 312 g/mol. The minimum atomic E-state index is 0.284. The van der Waals surface area contributed by atoms with Crippen LogP contribution in [-0.4, -0.2) is 36.0 Å². The number of likely N-dealkylation sites (tertiary alicyclic amines) is 1. The lowest BCUT2D eigenvalue weighted by atomic mass is 9.98. The van der Waals surface area contributed by atoms with Gasteiger partial charge in [0.1, 0.15) is 5.75 Å². The molecule has 4 heteroatoms. The zero-order chi connectivity index (χ0) is 17.5. The number of carbonyl (C=O) groups excluding carboxylic acids is 1. The van der Waals surface area contributed by atoms with Gasteiger partial charge in [-0.2, -0.15) is 0 Å². The minimum Gasteiger partial charge on any atom is -0.490 e. The van der Waals surface area contributed by atoms with Crippen molar-refractivity contribution in [2.45, 2.75) is 77.0 Å². The maximum absolute atomic E-state index is 11.7. The van der Waals surface area contributed by atoms with E-state index in [1.807, 2.05) is 11.8 Å². The van der Waals surface area contributed by atoms with Crippen molar-refractivity contribution in [2.75, 3.05) is 13.1 Å². The summed E-state index contributed by atoms with van der Waals surface area (Å²) < 4.78 is 6.09. The van der Waals surface area contributed by atoms with E-state index in [1.165, 1.54) is 37.7 Å². The fourth-order valence-electron chi connectivity index (χ4n) is 3.88. The summed E-state index contributed by atoms with van der Waals surface area (Å²) >= 11 is 0. The van der Waals surface area contributed by atoms with Crippen molar-refractivity contribution in [3.63, 3.8) is 0 Å². The molecule has 0 radical (unpaired) electrons. The fourth-order valence-corrected chi connectivity index (χ4v) is 3.88. The predicted molar refractivity (Wildman–Crippen MR) is 101 cm³/mol. The highest BCUT2D eigenvalue weighted by atomic mass is 16.5. The van der Waals surface area contributed by atoms with Crippen LogP contribution in [0.5, 0.6) is 5.75 Å². The molecule has 1 saturated heterocycles. The van der Waals surface area contributed by atoms with Gasteiger partial charge in [-0.3, -0.25) is 4.79 Å². The first-order chi connectivity index (χ1) is 12.2. The number of benzene rings is 1. The lowest BCUT2D eigenvalue weighted by molar-refractivity contribution is -0.131. The van der Waals surface area contributed by atoms with E-state index >= 15 is 0 Å². The third kappa shape index (κ3) is 5.46. The van der Waals surface area contributed by atoms with Crippen molar-refractivity contribution in [3.8, 4) is 5.75 Å². The summed E-state index contributed by atoms with van der Waals surface area (Å²) in [5.74, 6) is 1.29. The molecule has 1 N–H and O–H groups in total. The Labute approximate surface area is 151 Å². The molecule has 0 atom stereocenters. The Bertz CT molecular complexity index is 529. The summed E-state index contributed by atoms with van der Waals surface area (Å²) in [5.41, 5.74) is 1.29. The highest BCUT2D eigenvalue weighted by molar-refractivity contribution is 5.75. The Hall–Kier alpha value is -1.55. The van der Waals surface area contributed by atoms with Crippen LogP contribution in [0.4, 0.5) is 0 Å². The largest absolute Gasteiger partial charge is 0.490 e. The number of nitrogens with zero attached hydrogens (tertiary/aromatic N) is 1. The number of hydrogen-bond donors (Lipinski definition) is 1. The molecule has 1 amide bonds. The van der Waals surface area contributed by atoms with Crippen LogP contribution in [0.3, 0.4) is 0 Å². The van der Waals surface area contributed by atoms with E-state index in [4.69, 9.17) is 4.74 Å². The molecule has 1 aromatic carbocycles. The highest BCUT2D eigenvalue weighted by Crippen LogP contribution is 2.23. The van der Waals surface area contributed by atoms with Crippen LogP contribution >= 0.6 is 0 Å². The van der Waals surface area contributed by atoms with Crippen molar-refractivity contribution in [2.24, 2.45) is 0 Å². The SMILES string of the molecule is CCC(=O)N1CCC(NCc2ccc(OC3CCCCC3)cc2)CC1. The van der Waals surface area contributed by atoms with Crippen LogP contribution in [-0.2, 0) is 11.3 Å². The fraction of sp³-hybridized carbons (Fsp3) is 0.667. The zero-order valence-corrected chi connectivity index (χ0v) is 15.5. The second kappa shape index (κ2) is 9.23. The molecule has 138 valence electrons. The second-order valence-electron chi connectivity index (χ2n) is 7.41. The summed E-state index contributed by atoms with van der Waals surface area (Å²) in [7, 11) is 0. The van der Waals surface area contributed by atoms with Crippen LogP contribution in [0.25, 0.3) is 0 Å². The summed E-state index contributed by atoms with van der Waals surface area (Å²) in [6.07, 6.45) is 9.48. The molecule has 1 heterocycles. The molecule has 0 unspecified atom stereocenters. The average Bonchev–Trinajstić information content (AvgIpc) is 2.68. The maximum Gasteiger partial charge on any atom is 0.222 e. The van der Waals surface area contributed by atoms with E-state index in [9.17, 15) is 4.79 Å². The first-order valence-corrected chi connectivity index (χ1v) is 10.0. The molecule has 1 aliphatic heterocycles. The maximum atomic E-state index is 11.7. The first-order valence-electron chi connectivity index (χ1n) is 10.0. The van der Waals surface area contributed by atoms with Crippen LogP contribution in [0.1, 0.15) is 63.9 Å². The van der Waals surface area contributed by atoms with E-state index in [0.29, 0.717) is 18.6 Å². The van der Waals surface area contributed by atoms with Crippen molar-refractivity contribution in [1.29, 1.82) is 0 Å². The second-order valence-corrected chi connectivity index (χ2v) is 7.41. The molecule has 0 spiro atoms. The summed E-state index contributed by atoms with van der Waals surface area (Å²) in [6, 6.07) is 9.06. The van der Waals surface area contributed by atoms with Gasteiger partial charge >= 0.3 is 0 Å². The Kier molecular flexibility index (Phi) is 6.74. The Morgan fingerprint density at radius 3 is 2.40 bits per heavy atom. The molecule has 2 aliphatic rings. The number of hydrogen-bond acceptors (Lipinski definition) is 3. The number of nitrogens with one attached hydrogen (secondary N) is 1. The van der Waals surface area contributed by atoms with E-state index in [1.54, 1.807) is 0 Å². The van der Waals surface area contributed by atoms with Gasteiger partial charge in [0.05, 0.1) is 6.10 Å². The van der Waals surface area contributed by atoms with Crippen molar-refractivity contribution < 1.29 is 9.53 Å². The van der Waals surface area contributed by atoms with E-state index in [0.717, 1.165) is 38.2 Å². The zero-order valence-electron chi connectivity index (χ0n) is 15.5.